The number of hydrogen-bond acceptors (Lipinski definition) is 5. The minimum absolute atomic E-state index is 0.0524. The number of pyridine rings is 1. The molecule has 0 bridgehead atoms. The normalized spacial score (nSPS) is 15.9. The summed E-state index contributed by atoms with van der Waals surface area (Å²) in [6.07, 6.45) is 4.24. The topological polar surface area (TPSA) is 53.4 Å². The quantitative estimate of drug-likeness (QED) is 0.572. The SMILES string of the molecule is Cc1c(SN2Cc3ccccc3C2)cc(C(=O)NCc2cccnc2N2CCCC2)n1C. The predicted octanol–water partition coefficient (Wildman–Crippen LogP) is 4.28. The van der Waals surface area contributed by atoms with E-state index in [2.05, 4.69) is 56.8 Å². The van der Waals surface area contributed by atoms with E-state index in [0.29, 0.717) is 12.2 Å². The largest absolute Gasteiger partial charge is 0.356 e. The summed E-state index contributed by atoms with van der Waals surface area (Å²) in [6, 6.07) is 14.6. The van der Waals surface area contributed by atoms with Gasteiger partial charge in [-0.3, -0.25) is 4.79 Å². The lowest BCUT2D eigenvalue weighted by molar-refractivity contribution is 0.0942. The Morgan fingerprint density at radius 2 is 1.81 bits per heavy atom. The molecule has 1 saturated heterocycles. The molecule has 2 aliphatic rings. The van der Waals surface area contributed by atoms with Crippen molar-refractivity contribution in [2.75, 3.05) is 18.0 Å². The molecule has 1 amide bonds. The van der Waals surface area contributed by atoms with E-state index in [-0.39, 0.29) is 5.91 Å². The molecule has 1 fully saturated rings. The zero-order valence-corrected chi connectivity index (χ0v) is 19.5. The molecule has 0 saturated carbocycles. The fourth-order valence-electron chi connectivity index (χ4n) is 4.54. The molecule has 0 spiro atoms. The van der Waals surface area contributed by atoms with Crippen molar-refractivity contribution < 1.29 is 4.79 Å². The lowest BCUT2D eigenvalue weighted by Crippen LogP contribution is -2.27. The molecule has 0 atom stereocenters. The van der Waals surface area contributed by atoms with Crippen LogP contribution in [0.25, 0.3) is 0 Å². The van der Waals surface area contributed by atoms with Gasteiger partial charge in [0.15, 0.2) is 0 Å². The van der Waals surface area contributed by atoms with Crippen LogP contribution >= 0.6 is 11.9 Å². The van der Waals surface area contributed by atoms with Crippen LogP contribution < -0.4 is 10.2 Å². The molecule has 32 heavy (non-hydrogen) atoms. The summed E-state index contributed by atoms with van der Waals surface area (Å²) in [4.78, 5) is 21.1. The zero-order valence-electron chi connectivity index (χ0n) is 18.7. The van der Waals surface area contributed by atoms with Gasteiger partial charge in [-0.2, -0.15) is 0 Å². The Morgan fingerprint density at radius 3 is 2.53 bits per heavy atom. The Hall–Kier alpha value is -2.77. The average Bonchev–Trinajstić information content (AvgIpc) is 3.54. The van der Waals surface area contributed by atoms with E-state index in [1.165, 1.54) is 24.0 Å². The van der Waals surface area contributed by atoms with E-state index in [1.807, 2.05) is 29.9 Å². The van der Waals surface area contributed by atoms with E-state index in [1.54, 1.807) is 11.9 Å². The molecule has 166 valence electrons. The molecule has 7 heteroatoms. The molecule has 2 aromatic heterocycles. The van der Waals surface area contributed by atoms with Crippen molar-refractivity contribution in [3.05, 3.63) is 76.7 Å². The summed E-state index contributed by atoms with van der Waals surface area (Å²) in [7, 11) is 1.97. The van der Waals surface area contributed by atoms with E-state index in [0.717, 1.165) is 48.1 Å². The van der Waals surface area contributed by atoms with E-state index in [4.69, 9.17) is 0 Å². The van der Waals surface area contributed by atoms with Gasteiger partial charge in [0.2, 0.25) is 0 Å². The van der Waals surface area contributed by atoms with Gasteiger partial charge in [0.1, 0.15) is 11.5 Å². The van der Waals surface area contributed by atoms with Crippen LogP contribution in [0.4, 0.5) is 5.82 Å². The fourth-order valence-corrected chi connectivity index (χ4v) is 5.65. The van der Waals surface area contributed by atoms with Crippen molar-refractivity contribution in [1.82, 2.24) is 19.2 Å². The number of nitrogens with zero attached hydrogens (tertiary/aromatic N) is 4. The summed E-state index contributed by atoms with van der Waals surface area (Å²) < 4.78 is 4.35. The molecule has 1 aromatic carbocycles. The number of anilines is 1. The maximum atomic E-state index is 13.1. The third kappa shape index (κ3) is 4.14. The number of aromatic nitrogens is 2. The Morgan fingerprint density at radius 1 is 1.09 bits per heavy atom. The molecular formula is C25H29N5OS. The molecule has 0 radical (unpaired) electrons. The first-order chi connectivity index (χ1) is 15.6. The van der Waals surface area contributed by atoms with Crippen molar-refractivity contribution in [2.45, 2.75) is 44.3 Å². The first-order valence-corrected chi connectivity index (χ1v) is 12.0. The zero-order chi connectivity index (χ0) is 22.1. The predicted molar refractivity (Wildman–Crippen MR) is 129 cm³/mol. The van der Waals surface area contributed by atoms with Gasteiger partial charge in [-0.05, 0) is 55.0 Å². The van der Waals surface area contributed by atoms with Crippen LogP contribution in [0.5, 0.6) is 0 Å². The second-order valence-electron chi connectivity index (χ2n) is 8.56. The molecule has 2 aliphatic heterocycles. The van der Waals surface area contributed by atoms with Gasteiger partial charge >= 0.3 is 0 Å². The highest BCUT2D eigenvalue weighted by Gasteiger charge is 2.23. The summed E-state index contributed by atoms with van der Waals surface area (Å²) in [5.74, 6) is 0.946. The van der Waals surface area contributed by atoms with Gasteiger partial charge in [0.05, 0.1) is 0 Å². The van der Waals surface area contributed by atoms with Crippen molar-refractivity contribution in [1.29, 1.82) is 0 Å². The maximum absolute atomic E-state index is 13.1. The number of amides is 1. The smallest absolute Gasteiger partial charge is 0.268 e. The van der Waals surface area contributed by atoms with E-state index < -0.39 is 0 Å². The highest BCUT2D eigenvalue weighted by Crippen LogP contribution is 2.35. The molecule has 0 unspecified atom stereocenters. The van der Waals surface area contributed by atoms with Crippen molar-refractivity contribution in [2.24, 2.45) is 7.05 Å². The average molecular weight is 448 g/mol. The number of fused-ring (bicyclic) bond motifs is 1. The third-order valence-electron chi connectivity index (χ3n) is 6.47. The number of hydrogen-bond donors (Lipinski definition) is 1. The van der Waals surface area contributed by atoms with E-state index >= 15 is 0 Å². The minimum Gasteiger partial charge on any atom is -0.356 e. The molecule has 5 rings (SSSR count). The number of carbonyl (C=O) groups is 1. The van der Waals surface area contributed by atoms with Crippen LogP contribution in [0.1, 0.15) is 45.7 Å². The van der Waals surface area contributed by atoms with Gasteiger partial charge in [-0.25, -0.2) is 9.29 Å². The molecule has 0 aliphatic carbocycles. The molecule has 6 nitrogen and oxygen atoms in total. The Bertz CT molecular complexity index is 1110. The first kappa shape index (κ1) is 21.1. The fraction of sp³-hybridized carbons (Fsp3) is 0.360. The number of nitrogens with one attached hydrogen (secondary N) is 1. The number of carbonyl (C=O) groups excluding carboxylic acids is 1. The standard InChI is InChI=1S/C25H29N5OS/c1-18-23(32-30-16-20-8-3-4-9-21(20)17-30)14-22(28(18)2)25(31)27-15-19-10-7-11-26-24(19)29-12-5-6-13-29/h3-4,7-11,14H,5-6,12-13,15-17H2,1-2H3,(H,27,31). The molecular weight excluding hydrogens is 418 g/mol. The van der Waals surface area contributed by atoms with Gasteiger partial charge in [-0.1, -0.05) is 30.3 Å². The third-order valence-corrected chi connectivity index (χ3v) is 7.60. The van der Waals surface area contributed by atoms with Gasteiger partial charge in [-0.15, -0.1) is 0 Å². The second kappa shape index (κ2) is 9.00. The summed E-state index contributed by atoms with van der Waals surface area (Å²) in [6.45, 7) is 6.49. The Labute approximate surface area is 193 Å². The van der Waals surface area contributed by atoms with Crippen LogP contribution in [-0.4, -0.2) is 32.9 Å². The van der Waals surface area contributed by atoms with Crippen LogP contribution in [-0.2, 0) is 26.7 Å². The van der Waals surface area contributed by atoms with Crippen molar-refractivity contribution in [3.8, 4) is 0 Å². The maximum Gasteiger partial charge on any atom is 0.268 e. The molecule has 3 aromatic rings. The van der Waals surface area contributed by atoms with Gasteiger partial charge in [0, 0.05) is 62.1 Å². The van der Waals surface area contributed by atoms with Gasteiger partial charge < -0.3 is 14.8 Å². The van der Waals surface area contributed by atoms with Crippen molar-refractivity contribution >= 4 is 23.7 Å². The highest BCUT2D eigenvalue weighted by molar-refractivity contribution is 7.97. The summed E-state index contributed by atoms with van der Waals surface area (Å²) >= 11 is 1.74. The highest BCUT2D eigenvalue weighted by atomic mass is 32.2. The second-order valence-corrected chi connectivity index (χ2v) is 9.70. The Kier molecular flexibility index (Phi) is 5.93. The molecule has 4 heterocycles. The van der Waals surface area contributed by atoms with Crippen molar-refractivity contribution in [3.63, 3.8) is 0 Å². The Balaban J connectivity index is 1.26. The van der Waals surface area contributed by atoms with Gasteiger partial charge in [0.25, 0.3) is 5.91 Å². The summed E-state index contributed by atoms with van der Waals surface area (Å²) in [5.41, 5.74) is 5.63. The lowest BCUT2D eigenvalue weighted by atomic mass is 10.1. The van der Waals surface area contributed by atoms with Crippen LogP contribution in [0, 0.1) is 6.92 Å². The number of rotatable bonds is 6. The summed E-state index contributed by atoms with van der Waals surface area (Å²) in [5, 5.41) is 3.12. The minimum atomic E-state index is -0.0524. The first-order valence-electron chi connectivity index (χ1n) is 11.2. The monoisotopic (exact) mass is 447 g/mol. The van der Waals surface area contributed by atoms with Crippen LogP contribution in [0.3, 0.4) is 0 Å². The number of benzene rings is 1. The lowest BCUT2D eigenvalue weighted by Gasteiger charge is -2.20. The van der Waals surface area contributed by atoms with E-state index in [9.17, 15) is 4.79 Å². The molecule has 1 N–H and O–H groups in total. The van der Waals surface area contributed by atoms with Crippen LogP contribution in [0.15, 0.2) is 53.6 Å². The van der Waals surface area contributed by atoms with Crippen LogP contribution in [0.2, 0.25) is 0 Å².